The van der Waals surface area contributed by atoms with E-state index in [0.717, 1.165) is 11.3 Å². The molecule has 1 aliphatic heterocycles. The van der Waals surface area contributed by atoms with Crippen molar-refractivity contribution in [3.63, 3.8) is 0 Å². The van der Waals surface area contributed by atoms with Gasteiger partial charge in [0.2, 0.25) is 5.91 Å². The van der Waals surface area contributed by atoms with Gasteiger partial charge in [-0.2, -0.15) is 0 Å². The van der Waals surface area contributed by atoms with E-state index >= 15 is 0 Å². The molecule has 1 aromatic carbocycles. The molecule has 4 heteroatoms. The lowest BCUT2D eigenvalue weighted by molar-refractivity contribution is -0.121. The van der Waals surface area contributed by atoms with Gasteiger partial charge >= 0.3 is 0 Å². The largest absolute Gasteiger partial charge is 0.399 e. The number of hydrogen-bond acceptors (Lipinski definition) is 3. The Morgan fingerprint density at radius 3 is 2.93 bits per heavy atom. The van der Waals surface area contributed by atoms with E-state index in [1.54, 1.807) is 0 Å². The van der Waals surface area contributed by atoms with E-state index in [4.69, 9.17) is 5.73 Å². The molecule has 1 saturated heterocycles. The summed E-state index contributed by atoms with van der Waals surface area (Å²) in [7, 11) is 0. The zero-order valence-corrected chi connectivity index (χ0v) is 7.79. The van der Waals surface area contributed by atoms with E-state index in [9.17, 15) is 4.79 Å². The van der Waals surface area contributed by atoms with Crippen molar-refractivity contribution < 1.29 is 4.79 Å². The quantitative estimate of drug-likeness (QED) is 0.549. The molecule has 1 heterocycles. The van der Waals surface area contributed by atoms with Crippen molar-refractivity contribution in [3.8, 4) is 0 Å². The highest BCUT2D eigenvalue weighted by Crippen LogP contribution is 2.16. The molecule has 1 aliphatic rings. The number of benzene rings is 1. The molecule has 0 aromatic heterocycles. The lowest BCUT2D eigenvalue weighted by atomic mass is 10.0. The number of nitrogens with one attached hydrogen (secondary N) is 2. The SMILES string of the molecule is Nc1cccc(C2CNC(=O)CN2)c1. The number of rotatable bonds is 1. The molecular formula is C10H13N3O. The third-order valence-electron chi connectivity index (χ3n) is 2.33. The third-order valence-corrected chi connectivity index (χ3v) is 2.33. The second-order valence-corrected chi connectivity index (χ2v) is 3.41. The van der Waals surface area contributed by atoms with Gasteiger partial charge in [0.15, 0.2) is 0 Å². The smallest absolute Gasteiger partial charge is 0.234 e. The van der Waals surface area contributed by atoms with Gasteiger partial charge in [-0.3, -0.25) is 10.1 Å². The molecule has 0 saturated carbocycles. The highest BCUT2D eigenvalue weighted by Gasteiger charge is 2.18. The number of carbonyl (C=O) groups is 1. The van der Waals surface area contributed by atoms with Crippen LogP contribution in [0.3, 0.4) is 0 Å². The maximum absolute atomic E-state index is 10.9. The summed E-state index contributed by atoms with van der Waals surface area (Å²) in [5.41, 5.74) is 7.54. The van der Waals surface area contributed by atoms with E-state index < -0.39 is 0 Å². The molecule has 2 rings (SSSR count). The number of hydrogen-bond donors (Lipinski definition) is 3. The van der Waals surface area contributed by atoms with Crippen LogP contribution in [0.4, 0.5) is 5.69 Å². The van der Waals surface area contributed by atoms with Gasteiger partial charge in [-0.15, -0.1) is 0 Å². The van der Waals surface area contributed by atoms with Gasteiger partial charge in [0.05, 0.1) is 12.6 Å². The molecule has 4 nitrogen and oxygen atoms in total. The average molecular weight is 191 g/mol. The Labute approximate surface area is 82.5 Å². The van der Waals surface area contributed by atoms with Crippen LogP contribution in [0.2, 0.25) is 0 Å². The summed E-state index contributed by atoms with van der Waals surface area (Å²) >= 11 is 0. The Morgan fingerprint density at radius 2 is 2.29 bits per heavy atom. The zero-order valence-electron chi connectivity index (χ0n) is 7.79. The van der Waals surface area contributed by atoms with E-state index in [1.165, 1.54) is 0 Å². The summed E-state index contributed by atoms with van der Waals surface area (Å²) in [6, 6.07) is 7.88. The van der Waals surface area contributed by atoms with Gasteiger partial charge < -0.3 is 11.1 Å². The first-order valence-electron chi connectivity index (χ1n) is 4.61. The standard InChI is InChI=1S/C10H13N3O/c11-8-3-1-2-7(4-8)9-5-13-10(14)6-12-9/h1-4,9,12H,5-6,11H2,(H,13,14). The van der Waals surface area contributed by atoms with Gasteiger partial charge in [-0.05, 0) is 17.7 Å². The molecule has 0 bridgehead atoms. The van der Waals surface area contributed by atoms with Crippen LogP contribution in [-0.2, 0) is 4.79 Å². The number of nitrogens with two attached hydrogens (primary N) is 1. The van der Waals surface area contributed by atoms with Crippen LogP contribution in [0.15, 0.2) is 24.3 Å². The maximum atomic E-state index is 10.9. The van der Waals surface area contributed by atoms with E-state index in [1.807, 2.05) is 24.3 Å². The molecule has 1 aromatic rings. The van der Waals surface area contributed by atoms with Gasteiger partial charge in [-0.1, -0.05) is 12.1 Å². The average Bonchev–Trinajstić information content (AvgIpc) is 2.19. The van der Waals surface area contributed by atoms with E-state index in [0.29, 0.717) is 13.1 Å². The van der Waals surface area contributed by atoms with Crippen LogP contribution in [0.1, 0.15) is 11.6 Å². The third kappa shape index (κ3) is 1.85. The molecule has 14 heavy (non-hydrogen) atoms. The second-order valence-electron chi connectivity index (χ2n) is 3.41. The predicted molar refractivity (Wildman–Crippen MR) is 54.6 cm³/mol. The first kappa shape index (κ1) is 9.02. The number of amides is 1. The molecule has 4 N–H and O–H groups in total. The van der Waals surface area contributed by atoms with Crippen molar-refractivity contribution in [2.24, 2.45) is 0 Å². The summed E-state index contributed by atoms with van der Waals surface area (Å²) in [6.45, 7) is 1.00. The lowest BCUT2D eigenvalue weighted by Gasteiger charge is -2.24. The highest BCUT2D eigenvalue weighted by molar-refractivity contribution is 5.78. The topological polar surface area (TPSA) is 67.1 Å². The van der Waals surface area contributed by atoms with Crippen molar-refractivity contribution >= 4 is 11.6 Å². The molecule has 0 aliphatic carbocycles. The molecule has 74 valence electrons. The van der Waals surface area contributed by atoms with E-state index in [2.05, 4.69) is 10.6 Å². The Bertz CT molecular complexity index is 341. The molecule has 0 radical (unpaired) electrons. The van der Waals surface area contributed by atoms with Crippen LogP contribution in [0, 0.1) is 0 Å². The molecule has 1 atom stereocenters. The minimum Gasteiger partial charge on any atom is -0.399 e. The summed E-state index contributed by atoms with van der Waals surface area (Å²) in [4.78, 5) is 10.9. The first-order chi connectivity index (χ1) is 6.75. The number of piperazine rings is 1. The fourth-order valence-electron chi connectivity index (χ4n) is 1.58. The first-order valence-corrected chi connectivity index (χ1v) is 4.61. The number of carbonyl (C=O) groups excluding carboxylic acids is 1. The van der Waals surface area contributed by atoms with Crippen LogP contribution in [0.5, 0.6) is 0 Å². The molecule has 1 unspecified atom stereocenters. The van der Waals surface area contributed by atoms with Crippen LogP contribution < -0.4 is 16.4 Å². The predicted octanol–water partition coefficient (Wildman–Crippen LogP) is 0.0293. The fourth-order valence-corrected chi connectivity index (χ4v) is 1.58. The Balaban J connectivity index is 2.12. The minimum absolute atomic E-state index is 0.0464. The van der Waals surface area contributed by atoms with Crippen molar-refractivity contribution in [3.05, 3.63) is 29.8 Å². The maximum Gasteiger partial charge on any atom is 0.234 e. The normalized spacial score (nSPS) is 21.7. The van der Waals surface area contributed by atoms with Gasteiger partial charge in [0, 0.05) is 12.2 Å². The summed E-state index contributed by atoms with van der Waals surface area (Å²) < 4.78 is 0. The van der Waals surface area contributed by atoms with Crippen molar-refractivity contribution in [2.45, 2.75) is 6.04 Å². The lowest BCUT2D eigenvalue weighted by Crippen LogP contribution is -2.46. The molecule has 1 fully saturated rings. The number of anilines is 1. The summed E-state index contributed by atoms with van der Waals surface area (Å²) in [5.74, 6) is 0.0464. The summed E-state index contributed by atoms with van der Waals surface area (Å²) in [6.07, 6.45) is 0. The molecule has 0 spiro atoms. The van der Waals surface area contributed by atoms with E-state index in [-0.39, 0.29) is 11.9 Å². The zero-order chi connectivity index (χ0) is 9.97. The fraction of sp³-hybridized carbons (Fsp3) is 0.300. The van der Waals surface area contributed by atoms with Gasteiger partial charge in [0.1, 0.15) is 0 Å². The van der Waals surface area contributed by atoms with Crippen molar-refractivity contribution in [1.82, 2.24) is 10.6 Å². The number of nitrogen functional groups attached to an aromatic ring is 1. The van der Waals surface area contributed by atoms with Gasteiger partial charge in [-0.25, -0.2) is 0 Å². The Hall–Kier alpha value is -1.55. The van der Waals surface area contributed by atoms with Crippen LogP contribution in [0.25, 0.3) is 0 Å². The Kier molecular flexibility index (Phi) is 2.37. The minimum atomic E-state index is 0.0464. The van der Waals surface area contributed by atoms with Crippen LogP contribution in [-0.4, -0.2) is 19.0 Å². The van der Waals surface area contributed by atoms with Crippen LogP contribution >= 0.6 is 0 Å². The summed E-state index contributed by atoms with van der Waals surface area (Å²) in [5, 5.41) is 5.95. The van der Waals surface area contributed by atoms with Crippen molar-refractivity contribution in [2.75, 3.05) is 18.8 Å². The molecular weight excluding hydrogens is 178 g/mol. The highest BCUT2D eigenvalue weighted by atomic mass is 16.2. The Morgan fingerprint density at radius 1 is 1.43 bits per heavy atom. The second kappa shape index (κ2) is 3.67. The monoisotopic (exact) mass is 191 g/mol. The molecule has 1 amide bonds. The van der Waals surface area contributed by atoms with Gasteiger partial charge in [0.25, 0.3) is 0 Å². The van der Waals surface area contributed by atoms with Crippen molar-refractivity contribution in [1.29, 1.82) is 0 Å².